The van der Waals surface area contributed by atoms with Gasteiger partial charge in [-0.25, -0.2) is 4.79 Å². The second kappa shape index (κ2) is 5.23. The number of anilines is 1. The maximum atomic E-state index is 12.3. The average Bonchev–Trinajstić information content (AvgIpc) is 2.39. The summed E-state index contributed by atoms with van der Waals surface area (Å²) in [7, 11) is 0. The van der Waals surface area contributed by atoms with Crippen molar-refractivity contribution in [1.82, 2.24) is 10.2 Å². The van der Waals surface area contributed by atoms with Crippen LogP contribution in [0.2, 0.25) is 0 Å². The number of halogens is 3. The molecule has 1 aromatic rings. The maximum Gasteiger partial charge on any atom is 0.435 e. The number of nitrogens with zero attached hydrogens (tertiary/aromatic N) is 2. The zero-order valence-electron chi connectivity index (χ0n) is 10.3. The van der Waals surface area contributed by atoms with E-state index in [-0.39, 0.29) is 31.9 Å². The number of carboxylic acid groups (broad SMARTS) is 1. The summed E-state index contributed by atoms with van der Waals surface area (Å²) >= 11 is 0. The van der Waals surface area contributed by atoms with E-state index in [4.69, 9.17) is 4.74 Å². The summed E-state index contributed by atoms with van der Waals surface area (Å²) in [4.78, 5) is 11.4. The molecule has 6 nitrogen and oxygen atoms in total. The van der Waals surface area contributed by atoms with Crippen LogP contribution in [0.5, 0.6) is 0 Å². The first kappa shape index (κ1) is 14.5. The summed E-state index contributed by atoms with van der Waals surface area (Å²) in [5.74, 6) is -1.11. The molecule has 1 fully saturated rings. The van der Waals surface area contributed by atoms with Crippen molar-refractivity contribution in [3.63, 3.8) is 0 Å². The number of carboxylic acids is 1. The van der Waals surface area contributed by atoms with Crippen molar-refractivity contribution in [3.8, 4) is 0 Å². The molecule has 9 heteroatoms. The van der Waals surface area contributed by atoms with E-state index in [1.165, 1.54) is 0 Å². The lowest BCUT2D eigenvalue weighted by atomic mass is 9.90. The Kier molecular flexibility index (Phi) is 3.80. The van der Waals surface area contributed by atoms with Crippen molar-refractivity contribution in [2.24, 2.45) is 0 Å². The number of carbonyl (C=O) groups is 1. The lowest BCUT2D eigenvalue weighted by Crippen LogP contribution is -2.50. The minimum Gasteiger partial charge on any atom is -0.480 e. The molecule has 2 N–H and O–H groups in total. The first-order valence-corrected chi connectivity index (χ1v) is 5.84. The molecule has 0 bridgehead atoms. The van der Waals surface area contributed by atoms with Crippen LogP contribution in [0, 0.1) is 0 Å². The molecular weight excluding hydrogens is 279 g/mol. The van der Waals surface area contributed by atoms with Crippen LogP contribution in [0.3, 0.4) is 0 Å². The van der Waals surface area contributed by atoms with Gasteiger partial charge in [0.1, 0.15) is 11.4 Å². The number of rotatable bonds is 3. The van der Waals surface area contributed by atoms with Crippen LogP contribution in [0.1, 0.15) is 18.5 Å². The Hall–Kier alpha value is -1.90. The van der Waals surface area contributed by atoms with E-state index in [1.807, 2.05) is 0 Å². The molecule has 1 aliphatic rings. The van der Waals surface area contributed by atoms with E-state index < -0.39 is 23.4 Å². The van der Waals surface area contributed by atoms with E-state index in [9.17, 15) is 23.1 Å². The van der Waals surface area contributed by atoms with Gasteiger partial charge in [0.25, 0.3) is 0 Å². The Bertz CT molecular complexity index is 484. The monoisotopic (exact) mass is 291 g/mol. The third-order valence-electron chi connectivity index (χ3n) is 3.08. The van der Waals surface area contributed by atoms with Gasteiger partial charge in [-0.15, -0.1) is 10.2 Å². The highest BCUT2D eigenvalue weighted by Gasteiger charge is 2.41. The average molecular weight is 291 g/mol. The van der Waals surface area contributed by atoms with E-state index in [0.717, 1.165) is 12.1 Å². The zero-order chi connectivity index (χ0) is 14.8. The number of aromatic nitrogens is 2. The Morgan fingerprint density at radius 1 is 1.30 bits per heavy atom. The number of aliphatic carboxylic acids is 1. The highest BCUT2D eigenvalue weighted by Crippen LogP contribution is 2.29. The first-order valence-electron chi connectivity index (χ1n) is 5.84. The normalized spacial score (nSPS) is 18.6. The van der Waals surface area contributed by atoms with Gasteiger partial charge in [0, 0.05) is 26.1 Å². The third kappa shape index (κ3) is 2.98. The SMILES string of the molecule is O=C(O)C1(Nc2ccc(C(F)(F)F)nn2)CCOCC1. The molecule has 1 aromatic heterocycles. The first-order chi connectivity index (χ1) is 9.33. The summed E-state index contributed by atoms with van der Waals surface area (Å²) < 4.78 is 42.1. The summed E-state index contributed by atoms with van der Waals surface area (Å²) in [6, 6.07) is 1.82. The van der Waals surface area contributed by atoms with Crippen molar-refractivity contribution in [2.45, 2.75) is 24.6 Å². The van der Waals surface area contributed by atoms with Gasteiger partial charge < -0.3 is 15.2 Å². The van der Waals surface area contributed by atoms with Crippen LogP contribution < -0.4 is 5.32 Å². The van der Waals surface area contributed by atoms with Crippen LogP contribution in [-0.2, 0) is 15.7 Å². The van der Waals surface area contributed by atoms with Crippen LogP contribution in [0.4, 0.5) is 19.0 Å². The number of nitrogens with one attached hydrogen (secondary N) is 1. The Morgan fingerprint density at radius 2 is 1.95 bits per heavy atom. The molecule has 2 heterocycles. The topological polar surface area (TPSA) is 84.3 Å². The molecule has 2 rings (SSSR count). The van der Waals surface area contributed by atoms with Gasteiger partial charge in [-0.2, -0.15) is 13.2 Å². The molecule has 20 heavy (non-hydrogen) atoms. The summed E-state index contributed by atoms with van der Waals surface area (Å²) in [6.07, 6.45) is -4.18. The van der Waals surface area contributed by atoms with Crippen LogP contribution in [-0.4, -0.2) is 40.0 Å². The molecule has 0 amide bonds. The van der Waals surface area contributed by atoms with E-state index >= 15 is 0 Å². The van der Waals surface area contributed by atoms with Gasteiger partial charge in [0.2, 0.25) is 0 Å². The lowest BCUT2D eigenvalue weighted by molar-refractivity contribution is -0.146. The van der Waals surface area contributed by atoms with Crippen molar-refractivity contribution < 1.29 is 27.8 Å². The molecular formula is C11H12F3N3O3. The molecule has 0 radical (unpaired) electrons. The van der Waals surface area contributed by atoms with Gasteiger partial charge in [0.15, 0.2) is 5.69 Å². The number of ether oxygens (including phenoxy) is 1. The quantitative estimate of drug-likeness (QED) is 0.878. The molecule has 0 saturated carbocycles. The second-order valence-corrected chi connectivity index (χ2v) is 4.43. The smallest absolute Gasteiger partial charge is 0.435 e. The molecule has 1 saturated heterocycles. The van der Waals surface area contributed by atoms with Gasteiger partial charge in [-0.1, -0.05) is 0 Å². The molecule has 0 aliphatic carbocycles. The predicted octanol–water partition coefficient (Wildman–Crippen LogP) is 1.54. The van der Waals surface area contributed by atoms with E-state index in [2.05, 4.69) is 15.5 Å². The molecule has 0 spiro atoms. The number of hydrogen-bond acceptors (Lipinski definition) is 5. The minimum absolute atomic E-state index is 0.0118. The number of alkyl halides is 3. The van der Waals surface area contributed by atoms with Gasteiger partial charge >= 0.3 is 12.1 Å². The van der Waals surface area contributed by atoms with E-state index in [1.54, 1.807) is 0 Å². The van der Waals surface area contributed by atoms with Crippen molar-refractivity contribution >= 4 is 11.8 Å². The largest absolute Gasteiger partial charge is 0.480 e. The van der Waals surface area contributed by atoms with Gasteiger partial charge in [-0.05, 0) is 12.1 Å². The highest BCUT2D eigenvalue weighted by atomic mass is 19.4. The van der Waals surface area contributed by atoms with Crippen LogP contribution in [0.15, 0.2) is 12.1 Å². The Balaban J connectivity index is 2.17. The third-order valence-corrected chi connectivity index (χ3v) is 3.08. The molecule has 110 valence electrons. The van der Waals surface area contributed by atoms with Crippen LogP contribution in [0.25, 0.3) is 0 Å². The summed E-state index contributed by atoms with van der Waals surface area (Å²) in [5, 5.41) is 18.4. The summed E-state index contributed by atoms with van der Waals surface area (Å²) in [5.41, 5.74) is -2.41. The summed E-state index contributed by atoms with van der Waals surface area (Å²) in [6.45, 7) is 0.515. The van der Waals surface area contributed by atoms with Gasteiger partial charge in [0.05, 0.1) is 0 Å². The standard InChI is InChI=1S/C11H12F3N3O3/c12-11(13,14)7-1-2-8(17-16-7)15-10(9(18)19)3-5-20-6-4-10/h1-2H,3-6H2,(H,15,17)(H,18,19). The Morgan fingerprint density at radius 3 is 2.40 bits per heavy atom. The minimum atomic E-state index is -4.57. The molecule has 1 aliphatic heterocycles. The van der Waals surface area contributed by atoms with Crippen molar-refractivity contribution in [1.29, 1.82) is 0 Å². The van der Waals surface area contributed by atoms with Gasteiger partial charge in [-0.3, -0.25) is 0 Å². The second-order valence-electron chi connectivity index (χ2n) is 4.43. The fraction of sp³-hybridized carbons (Fsp3) is 0.545. The zero-order valence-corrected chi connectivity index (χ0v) is 10.3. The van der Waals surface area contributed by atoms with Crippen molar-refractivity contribution in [2.75, 3.05) is 18.5 Å². The molecule has 0 atom stereocenters. The fourth-order valence-corrected chi connectivity index (χ4v) is 1.91. The number of hydrogen-bond donors (Lipinski definition) is 2. The highest BCUT2D eigenvalue weighted by molar-refractivity contribution is 5.82. The fourth-order valence-electron chi connectivity index (χ4n) is 1.91. The Labute approximate surface area is 112 Å². The molecule has 0 unspecified atom stereocenters. The van der Waals surface area contributed by atoms with E-state index in [0.29, 0.717) is 0 Å². The van der Waals surface area contributed by atoms with Crippen LogP contribution >= 0.6 is 0 Å². The van der Waals surface area contributed by atoms with Crippen molar-refractivity contribution in [3.05, 3.63) is 17.8 Å². The lowest BCUT2D eigenvalue weighted by Gasteiger charge is -2.34. The molecule has 0 aromatic carbocycles. The predicted molar refractivity (Wildman–Crippen MR) is 61.1 cm³/mol. The maximum absolute atomic E-state index is 12.3.